The lowest BCUT2D eigenvalue weighted by atomic mass is 9.94. The summed E-state index contributed by atoms with van der Waals surface area (Å²) in [5.74, 6) is 0. The molecule has 0 amide bonds. The van der Waals surface area contributed by atoms with Crippen molar-refractivity contribution in [3.8, 4) is 0 Å². The van der Waals surface area contributed by atoms with Gasteiger partial charge in [-0.3, -0.25) is 0 Å². The van der Waals surface area contributed by atoms with Crippen LogP contribution in [-0.4, -0.2) is 0 Å². The van der Waals surface area contributed by atoms with Crippen LogP contribution in [0.2, 0.25) is 0 Å². The predicted octanol–water partition coefficient (Wildman–Crippen LogP) is 6.67. The summed E-state index contributed by atoms with van der Waals surface area (Å²) in [6.45, 7) is 2.24. The van der Waals surface area contributed by atoms with Gasteiger partial charge in [-0.15, -0.1) is 0 Å². The van der Waals surface area contributed by atoms with Gasteiger partial charge in [-0.05, 0) is 74.0 Å². The molecule has 0 spiro atoms. The molecule has 0 aromatic heterocycles. The van der Waals surface area contributed by atoms with Gasteiger partial charge in [0.25, 0.3) is 0 Å². The highest BCUT2D eigenvalue weighted by molar-refractivity contribution is 6.14. The normalized spacial score (nSPS) is 13.2. The maximum atomic E-state index is 2.39. The van der Waals surface area contributed by atoms with Gasteiger partial charge in [0.05, 0.1) is 0 Å². The van der Waals surface area contributed by atoms with Crippen LogP contribution in [0.25, 0.3) is 38.4 Å². The number of benzene rings is 4. The van der Waals surface area contributed by atoms with Crippen molar-refractivity contribution in [3.05, 3.63) is 77.4 Å². The molecule has 0 unspecified atom stereocenters. The lowest BCUT2D eigenvalue weighted by molar-refractivity contribution is 0.924. The Morgan fingerprint density at radius 3 is 2.54 bits per heavy atom. The van der Waals surface area contributed by atoms with Gasteiger partial charge < -0.3 is 0 Å². The molecule has 0 nitrogen and oxygen atoms in total. The van der Waals surface area contributed by atoms with E-state index in [4.69, 9.17) is 0 Å². The second kappa shape index (κ2) is 5.21. The van der Waals surface area contributed by atoms with Crippen LogP contribution >= 0.6 is 0 Å². The zero-order valence-electron chi connectivity index (χ0n) is 14.0. The molecule has 0 aliphatic heterocycles. The average molecular weight is 308 g/mol. The first-order valence-corrected chi connectivity index (χ1v) is 8.91. The van der Waals surface area contributed by atoms with Crippen LogP contribution in [0.5, 0.6) is 0 Å². The Hall–Kier alpha value is -2.60. The van der Waals surface area contributed by atoms with Gasteiger partial charge in [0.1, 0.15) is 0 Å². The first-order valence-electron chi connectivity index (χ1n) is 8.91. The van der Waals surface area contributed by atoms with Gasteiger partial charge in [0.15, 0.2) is 0 Å². The third kappa shape index (κ3) is 1.99. The van der Waals surface area contributed by atoms with Gasteiger partial charge >= 0.3 is 0 Å². The molecule has 0 saturated carbocycles. The van der Waals surface area contributed by atoms with Gasteiger partial charge in [-0.25, -0.2) is 0 Å². The minimum Gasteiger partial charge on any atom is -0.0795 e. The lowest BCUT2D eigenvalue weighted by Crippen LogP contribution is -1.87. The number of rotatable bonds is 2. The summed E-state index contributed by atoms with van der Waals surface area (Å²) in [7, 11) is 0. The van der Waals surface area contributed by atoms with Crippen molar-refractivity contribution in [3.63, 3.8) is 0 Å². The van der Waals surface area contributed by atoms with Gasteiger partial charge in [-0.1, -0.05) is 68.0 Å². The fraction of sp³-hybridized carbons (Fsp3) is 0.167. The molecule has 116 valence electrons. The number of fused-ring (bicyclic) bond motifs is 6. The summed E-state index contributed by atoms with van der Waals surface area (Å²) in [5.41, 5.74) is 4.30. The summed E-state index contributed by atoms with van der Waals surface area (Å²) >= 11 is 0. The Labute approximate surface area is 142 Å². The summed E-state index contributed by atoms with van der Waals surface area (Å²) in [6, 6.07) is 20.8. The zero-order chi connectivity index (χ0) is 16.1. The third-order valence-electron chi connectivity index (χ3n) is 5.33. The molecule has 0 heterocycles. The van der Waals surface area contributed by atoms with E-state index in [0.29, 0.717) is 0 Å². The molecule has 0 bridgehead atoms. The van der Waals surface area contributed by atoms with Crippen LogP contribution in [0.15, 0.2) is 60.7 Å². The summed E-state index contributed by atoms with van der Waals surface area (Å²) in [4.78, 5) is 0. The smallest absolute Gasteiger partial charge is 0.00879 e. The number of hydrogen-bond acceptors (Lipinski definition) is 0. The van der Waals surface area contributed by atoms with Crippen LogP contribution in [-0.2, 0) is 12.8 Å². The number of aryl methyl sites for hydroxylation is 1. The minimum atomic E-state index is 1.07. The molecule has 1 aliphatic rings. The Bertz CT molecular complexity index is 1130. The van der Waals surface area contributed by atoms with Crippen molar-refractivity contribution in [2.75, 3.05) is 0 Å². The Balaban J connectivity index is 1.85. The highest BCUT2D eigenvalue weighted by atomic mass is 14.1. The van der Waals surface area contributed by atoms with Crippen LogP contribution in [0, 0.1) is 0 Å². The van der Waals surface area contributed by atoms with Crippen LogP contribution in [0.3, 0.4) is 0 Å². The highest BCUT2D eigenvalue weighted by Gasteiger charge is 2.11. The van der Waals surface area contributed by atoms with E-state index in [0.717, 1.165) is 12.8 Å². The van der Waals surface area contributed by atoms with E-state index in [1.165, 1.54) is 55.4 Å². The fourth-order valence-electron chi connectivity index (χ4n) is 4.13. The maximum Gasteiger partial charge on any atom is -0.00879 e. The molecule has 1 aliphatic carbocycles. The maximum absolute atomic E-state index is 2.39. The standard InChI is InChI=1S/C24H20/c1-2-4-16-7-8-18-14-19-10-12-22-21-6-3-5-17(21)9-11-23(22)24(19)15-20(18)13-16/h3,6-15H,2,4-5H2,1H3. The summed E-state index contributed by atoms with van der Waals surface area (Å²) in [5, 5.41) is 8.16. The van der Waals surface area contributed by atoms with Crippen molar-refractivity contribution >= 4 is 38.4 Å². The van der Waals surface area contributed by atoms with E-state index < -0.39 is 0 Å². The topological polar surface area (TPSA) is 0 Å². The van der Waals surface area contributed by atoms with Crippen molar-refractivity contribution in [2.24, 2.45) is 0 Å². The molecule has 4 aromatic rings. The quantitative estimate of drug-likeness (QED) is 0.286. The van der Waals surface area contributed by atoms with Crippen LogP contribution in [0.4, 0.5) is 0 Å². The van der Waals surface area contributed by atoms with E-state index in [1.54, 1.807) is 0 Å². The molecule has 0 atom stereocenters. The van der Waals surface area contributed by atoms with Crippen molar-refractivity contribution < 1.29 is 0 Å². The fourth-order valence-corrected chi connectivity index (χ4v) is 4.13. The SMILES string of the molecule is CCCc1ccc2cc3ccc4c5c(ccc4c3cc2c1)CC=C5. The second-order valence-corrected chi connectivity index (χ2v) is 6.91. The molecule has 5 rings (SSSR count). The van der Waals surface area contributed by atoms with Gasteiger partial charge in [0, 0.05) is 0 Å². The zero-order valence-corrected chi connectivity index (χ0v) is 14.0. The molecule has 4 aromatic carbocycles. The Morgan fingerprint density at radius 2 is 1.62 bits per heavy atom. The van der Waals surface area contributed by atoms with E-state index in [2.05, 4.69) is 73.7 Å². The van der Waals surface area contributed by atoms with E-state index >= 15 is 0 Å². The largest absolute Gasteiger partial charge is 0.0795 e. The highest BCUT2D eigenvalue weighted by Crippen LogP contribution is 2.35. The average Bonchev–Trinajstić information content (AvgIpc) is 3.09. The molecule has 0 heteroatoms. The van der Waals surface area contributed by atoms with E-state index in [-0.39, 0.29) is 0 Å². The van der Waals surface area contributed by atoms with Crippen molar-refractivity contribution in [2.45, 2.75) is 26.2 Å². The van der Waals surface area contributed by atoms with Gasteiger partial charge in [0.2, 0.25) is 0 Å². The van der Waals surface area contributed by atoms with E-state index in [9.17, 15) is 0 Å². The van der Waals surface area contributed by atoms with E-state index in [1.807, 2.05) is 0 Å². The molecular weight excluding hydrogens is 288 g/mol. The van der Waals surface area contributed by atoms with Crippen LogP contribution < -0.4 is 0 Å². The second-order valence-electron chi connectivity index (χ2n) is 6.91. The molecule has 0 radical (unpaired) electrons. The van der Waals surface area contributed by atoms with Gasteiger partial charge in [-0.2, -0.15) is 0 Å². The first-order chi connectivity index (χ1) is 11.8. The number of hydrogen-bond donors (Lipinski definition) is 0. The molecule has 0 N–H and O–H groups in total. The van der Waals surface area contributed by atoms with Crippen LogP contribution in [0.1, 0.15) is 30.0 Å². The number of allylic oxidation sites excluding steroid dienone is 1. The van der Waals surface area contributed by atoms with Crippen molar-refractivity contribution in [1.29, 1.82) is 0 Å². The van der Waals surface area contributed by atoms with Crippen molar-refractivity contribution in [1.82, 2.24) is 0 Å². The summed E-state index contributed by atoms with van der Waals surface area (Å²) < 4.78 is 0. The predicted molar refractivity (Wildman–Crippen MR) is 106 cm³/mol. The first kappa shape index (κ1) is 13.8. The monoisotopic (exact) mass is 308 g/mol. The minimum absolute atomic E-state index is 1.07. The third-order valence-corrected chi connectivity index (χ3v) is 5.33. The molecule has 0 saturated heterocycles. The Morgan fingerprint density at radius 1 is 0.750 bits per heavy atom. The molecular formula is C24H20. The summed E-state index contributed by atoms with van der Waals surface area (Å²) in [6.07, 6.45) is 7.97. The lowest BCUT2D eigenvalue weighted by Gasteiger charge is -2.10. The Kier molecular flexibility index (Phi) is 2.99. The molecule has 0 fully saturated rings. The molecule has 24 heavy (non-hydrogen) atoms.